The summed E-state index contributed by atoms with van der Waals surface area (Å²) >= 11 is 0. The first-order valence-electron chi connectivity index (χ1n) is 10.2. The zero-order chi connectivity index (χ0) is 20.5. The van der Waals surface area contributed by atoms with Gasteiger partial charge in [0.25, 0.3) is 0 Å². The van der Waals surface area contributed by atoms with E-state index >= 15 is 0 Å². The highest BCUT2D eigenvalue weighted by Gasteiger charge is 2.18. The van der Waals surface area contributed by atoms with E-state index in [0.29, 0.717) is 0 Å². The van der Waals surface area contributed by atoms with Crippen LogP contribution in [0.2, 0.25) is 0 Å². The van der Waals surface area contributed by atoms with Crippen LogP contribution in [-0.2, 0) is 13.1 Å². The first-order chi connectivity index (χ1) is 14.0. The topological polar surface area (TPSA) is 8.81 Å². The van der Waals surface area contributed by atoms with Crippen molar-refractivity contribution in [3.05, 3.63) is 106 Å². The first-order valence-corrected chi connectivity index (χ1v) is 10.2. The maximum atomic E-state index is 3.85. The fourth-order valence-electron chi connectivity index (χ4n) is 4.16. The Labute approximate surface area is 185 Å². The summed E-state index contributed by atoms with van der Waals surface area (Å²) < 4.78 is 4.74. The Bertz CT molecular complexity index is 1170. The van der Waals surface area contributed by atoms with Crippen LogP contribution < -0.4 is 17.0 Å². The van der Waals surface area contributed by atoms with Gasteiger partial charge in [-0.2, -0.15) is 0 Å². The molecule has 0 aliphatic heterocycles. The van der Waals surface area contributed by atoms with Gasteiger partial charge in [-0.3, -0.25) is 0 Å². The maximum Gasteiger partial charge on any atom is 0.245 e. The number of para-hydroxylation sites is 2. The lowest BCUT2D eigenvalue weighted by atomic mass is 9.94. The van der Waals surface area contributed by atoms with Crippen molar-refractivity contribution in [1.82, 2.24) is 4.57 Å². The highest BCUT2D eigenvalue weighted by molar-refractivity contribution is 5.71. The SMILES string of the molecule is C=Cc1ccc(C[n+]2cn(Cc3c(C)c(C)cc(C)c3C)c3ccccc32)cc1.[Cl-]. The normalized spacial score (nSPS) is 10.8. The molecule has 1 aromatic heterocycles. The van der Waals surface area contributed by atoms with Crippen LogP contribution in [0.25, 0.3) is 17.1 Å². The Morgan fingerprint density at radius 3 is 2.17 bits per heavy atom. The van der Waals surface area contributed by atoms with Crippen LogP contribution in [0.1, 0.15) is 38.9 Å². The quantitative estimate of drug-likeness (QED) is 0.442. The monoisotopic (exact) mass is 416 g/mol. The standard InChI is InChI=1S/C27H29N2.ClH/c1-6-23-11-13-24(14-12-23)16-28-18-29(27-10-8-7-9-26(27)28)17-25-21(4)19(2)15-20(3)22(25)5;/h6-15,18H,1,16-17H2,2-5H3;1H/q+1;/p-1. The molecule has 0 atom stereocenters. The second-order valence-electron chi connectivity index (χ2n) is 8.04. The molecule has 0 unspecified atom stereocenters. The van der Waals surface area contributed by atoms with Gasteiger partial charge in [-0.15, -0.1) is 0 Å². The molecule has 4 rings (SSSR count). The molecule has 0 radical (unpaired) electrons. The molecule has 0 aliphatic carbocycles. The van der Waals surface area contributed by atoms with E-state index in [1.807, 2.05) is 6.08 Å². The van der Waals surface area contributed by atoms with Gasteiger partial charge in [0.1, 0.15) is 13.1 Å². The van der Waals surface area contributed by atoms with E-state index in [1.54, 1.807) is 0 Å². The van der Waals surface area contributed by atoms with Crippen molar-refractivity contribution in [3.63, 3.8) is 0 Å². The molecule has 0 amide bonds. The van der Waals surface area contributed by atoms with Gasteiger partial charge in [0.05, 0.1) is 0 Å². The molecular weight excluding hydrogens is 388 g/mol. The molecule has 0 fully saturated rings. The van der Waals surface area contributed by atoms with Crippen molar-refractivity contribution in [2.45, 2.75) is 40.8 Å². The van der Waals surface area contributed by atoms with Gasteiger partial charge in [0, 0.05) is 0 Å². The van der Waals surface area contributed by atoms with E-state index in [9.17, 15) is 0 Å². The van der Waals surface area contributed by atoms with Gasteiger partial charge in [0.2, 0.25) is 6.33 Å². The summed E-state index contributed by atoms with van der Waals surface area (Å²) in [5.74, 6) is 0. The molecular formula is C27H29ClN2. The molecule has 3 heteroatoms. The second-order valence-corrected chi connectivity index (χ2v) is 8.04. The predicted octanol–water partition coefficient (Wildman–Crippen LogP) is 2.91. The van der Waals surface area contributed by atoms with E-state index < -0.39 is 0 Å². The number of fused-ring (bicyclic) bond motifs is 1. The first kappa shape index (κ1) is 21.9. The fourth-order valence-corrected chi connectivity index (χ4v) is 4.16. The summed E-state index contributed by atoms with van der Waals surface area (Å²) in [6, 6.07) is 19.6. The number of hydrogen-bond donors (Lipinski definition) is 0. The molecule has 0 aliphatic rings. The summed E-state index contributed by atoms with van der Waals surface area (Å²) in [7, 11) is 0. The highest BCUT2D eigenvalue weighted by Crippen LogP contribution is 2.24. The average Bonchev–Trinajstić information content (AvgIpc) is 3.08. The zero-order valence-electron chi connectivity index (χ0n) is 18.2. The van der Waals surface area contributed by atoms with E-state index in [2.05, 4.69) is 104 Å². The lowest BCUT2D eigenvalue weighted by molar-refractivity contribution is -0.663. The predicted molar refractivity (Wildman–Crippen MR) is 122 cm³/mol. The summed E-state index contributed by atoms with van der Waals surface area (Å²) in [5, 5.41) is 0. The number of benzene rings is 3. The zero-order valence-corrected chi connectivity index (χ0v) is 19.0. The molecule has 0 N–H and O–H groups in total. The third kappa shape index (κ3) is 4.06. The molecule has 2 nitrogen and oxygen atoms in total. The number of aryl methyl sites for hydroxylation is 2. The molecule has 154 valence electrons. The Hall–Kier alpha value is -2.84. The Kier molecular flexibility index (Phi) is 6.48. The molecule has 0 spiro atoms. The Morgan fingerprint density at radius 2 is 1.53 bits per heavy atom. The summed E-state index contributed by atoms with van der Waals surface area (Å²) in [4.78, 5) is 0. The lowest BCUT2D eigenvalue weighted by Gasteiger charge is -2.14. The third-order valence-corrected chi connectivity index (χ3v) is 6.20. The molecule has 4 aromatic rings. The molecule has 0 saturated heterocycles. The van der Waals surface area contributed by atoms with E-state index in [4.69, 9.17) is 0 Å². The number of aromatic nitrogens is 2. The van der Waals surface area contributed by atoms with Crippen LogP contribution >= 0.6 is 0 Å². The minimum atomic E-state index is 0. The van der Waals surface area contributed by atoms with Crippen LogP contribution in [0.3, 0.4) is 0 Å². The van der Waals surface area contributed by atoms with Crippen molar-refractivity contribution in [1.29, 1.82) is 0 Å². The molecule has 0 bridgehead atoms. The van der Waals surface area contributed by atoms with Crippen LogP contribution in [0.4, 0.5) is 0 Å². The van der Waals surface area contributed by atoms with Gasteiger partial charge in [-0.1, -0.05) is 55.1 Å². The summed E-state index contributed by atoms with van der Waals surface area (Å²) in [6.07, 6.45) is 4.15. The van der Waals surface area contributed by atoms with Crippen molar-refractivity contribution in [3.8, 4) is 0 Å². The minimum absolute atomic E-state index is 0. The van der Waals surface area contributed by atoms with E-state index in [1.165, 1.54) is 44.4 Å². The Balaban J connectivity index is 0.00000256. The van der Waals surface area contributed by atoms with Gasteiger partial charge in [-0.25, -0.2) is 9.13 Å². The van der Waals surface area contributed by atoms with E-state index in [0.717, 1.165) is 18.7 Å². The number of halogens is 1. The maximum absolute atomic E-state index is 3.85. The van der Waals surface area contributed by atoms with Crippen LogP contribution in [-0.4, -0.2) is 4.57 Å². The lowest BCUT2D eigenvalue weighted by Crippen LogP contribution is -3.00. The summed E-state index contributed by atoms with van der Waals surface area (Å²) in [6.45, 7) is 14.5. The highest BCUT2D eigenvalue weighted by atomic mass is 35.5. The molecule has 3 aromatic carbocycles. The van der Waals surface area contributed by atoms with Crippen molar-refractivity contribution in [2.75, 3.05) is 0 Å². The van der Waals surface area contributed by atoms with Crippen LogP contribution in [0.15, 0.2) is 67.5 Å². The number of hydrogen-bond acceptors (Lipinski definition) is 0. The van der Waals surface area contributed by atoms with Crippen molar-refractivity contribution >= 4 is 17.1 Å². The number of nitrogens with zero attached hydrogens (tertiary/aromatic N) is 2. The molecule has 0 saturated carbocycles. The molecule has 30 heavy (non-hydrogen) atoms. The second kappa shape index (κ2) is 8.89. The number of rotatable bonds is 5. The van der Waals surface area contributed by atoms with E-state index in [-0.39, 0.29) is 12.4 Å². The Morgan fingerprint density at radius 1 is 0.900 bits per heavy atom. The van der Waals surface area contributed by atoms with Crippen molar-refractivity contribution < 1.29 is 17.0 Å². The largest absolute Gasteiger partial charge is 1.00 e. The molecule has 1 heterocycles. The van der Waals surface area contributed by atoms with Gasteiger partial charge >= 0.3 is 0 Å². The third-order valence-electron chi connectivity index (χ3n) is 6.20. The van der Waals surface area contributed by atoms with Crippen LogP contribution in [0.5, 0.6) is 0 Å². The summed E-state index contributed by atoms with van der Waals surface area (Å²) in [5.41, 5.74) is 12.0. The van der Waals surface area contributed by atoms with Crippen molar-refractivity contribution in [2.24, 2.45) is 0 Å². The van der Waals surface area contributed by atoms with Gasteiger partial charge in [0.15, 0.2) is 11.0 Å². The minimum Gasteiger partial charge on any atom is -1.00 e. The van der Waals surface area contributed by atoms with Crippen LogP contribution in [0, 0.1) is 27.7 Å². The smallest absolute Gasteiger partial charge is 0.245 e. The van der Waals surface area contributed by atoms with Gasteiger partial charge in [-0.05, 0) is 78.8 Å². The fraction of sp³-hybridized carbons (Fsp3) is 0.222. The van der Waals surface area contributed by atoms with Gasteiger partial charge < -0.3 is 12.4 Å². The average molecular weight is 417 g/mol. The number of imidazole rings is 1.